The average molecular weight is 454 g/mol. The van der Waals surface area contributed by atoms with Crippen molar-refractivity contribution in [2.45, 2.75) is 42.7 Å². The lowest BCUT2D eigenvalue weighted by Crippen LogP contribution is -2.57. The first-order chi connectivity index (χ1) is 13.6. The molecular weight excluding hydrogens is 431 g/mol. The number of aliphatic carboxylic acids is 1. The molecule has 2 aliphatic heterocycles. The molecule has 6 nitrogen and oxygen atoms in total. The van der Waals surface area contributed by atoms with Crippen molar-refractivity contribution in [2.24, 2.45) is 0 Å². The number of hydrogen-bond donors (Lipinski definition) is 1. The number of thioether (sulfide) groups is 1. The zero-order chi connectivity index (χ0) is 21.3. The smallest absolute Gasteiger partial charge is 0.416 e. The van der Waals surface area contributed by atoms with Gasteiger partial charge in [0.1, 0.15) is 11.9 Å². The number of carboxylic acid groups (broad SMARTS) is 1. The summed E-state index contributed by atoms with van der Waals surface area (Å²) in [5.41, 5.74) is -0.768. The lowest BCUT2D eigenvalue weighted by atomic mass is 10.0. The highest BCUT2D eigenvalue weighted by Gasteiger charge is 2.54. The molecule has 0 bridgehead atoms. The Kier molecular flexibility index (Phi) is 6.40. The first kappa shape index (κ1) is 22.2. The van der Waals surface area contributed by atoms with Crippen molar-refractivity contribution in [1.82, 2.24) is 4.31 Å². The second-order valence-electron chi connectivity index (χ2n) is 7.16. The van der Waals surface area contributed by atoms with Crippen LogP contribution in [0.3, 0.4) is 0 Å². The van der Waals surface area contributed by atoms with Gasteiger partial charge in [-0.3, -0.25) is 4.79 Å². The van der Waals surface area contributed by atoms with Crippen LogP contribution in [0.25, 0.3) is 0 Å². The van der Waals surface area contributed by atoms with E-state index in [-0.39, 0.29) is 37.8 Å². The lowest BCUT2D eigenvalue weighted by molar-refractivity contribution is -0.140. The number of piperidine rings is 1. The summed E-state index contributed by atoms with van der Waals surface area (Å²) in [5.74, 6) is -0.0514. The third kappa shape index (κ3) is 4.51. The number of carbonyl (C=O) groups is 1. The van der Waals surface area contributed by atoms with Crippen molar-refractivity contribution < 1.29 is 36.2 Å². The topological polar surface area (TPSA) is 83.9 Å². The van der Waals surface area contributed by atoms with Gasteiger partial charge in [0.25, 0.3) is 0 Å². The number of alkyl halides is 3. The van der Waals surface area contributed by atoms with Crippen molar-refractivity contribution in [1.29, 1.82) is 0 Å². The van der Waals surface area contributed by atoms with Crippen molar-refractivity contribution in [3.63, 3.8) is 0 Å². The van der Waals surface area contributed by atoms with Crippen LogP contribution in [0.5, 0.6) is 5.75 Å². The Balaban J connectivity index is 1.63. The summed E-state index contributed by atoms with van der Waals surface area (Å²) in [6.07, 6.45) is -3.93. The highest BCUT2D eigenvalue weighted by atomic mass is 32.2. The molecule has 0 saturated carbocycles. The zero-order valence-corrected chi connectivity index (χ0v) is 17.2. The largest absolute Gasteiger partial charge is 0.490 e. The summed E-state index contributed by atoms with van der Waals surface area (Å²) in [4.78, 5) is 11.8. The van der Waals surface area contributed by atoms with Crippen LogP contribution >= 0.6 is 11.8 Å². The molecule has 0 spiro atoms. The number of hydrogen-bond acceptors (Lipinski definition) is 5. The highest BCUT2D eigenvalue weighted by Crippen LogP contribution is 2.38. The van der Waals surface area contributed by atoms with Crippen LogP contribution in [0.1, 0.15) is 31.2 Å². The lowest BCUT2D eigenvalue weighted by Gasteiger charge is -2.39. The van der Waals surface area contributed by atoms with Gasteiger partial charge in [-0.25, -0.2) is 12.7 Å². The molecule has 2 fully saturated rings. The number of rotatable bonds is 5. The van der Waals surface area contributed by atoms with Gasteiger partial charge in [0.2, 0.25) is 10.0 Å². The summed E-state index contributed by atoms with van der Waals surface area (Å²) in [5, 5.41) is 9.66. The number of sulfonamides is 1. The monoisotopic (exact) mass is 453 g/mol. The minimum absolute atomic E-state index is 0.0807. The Labute approximate surface area is 171 Å². The Morgan fingerprint density at radius 3 is 2.17 bits per heavy atom. The van der Waals surface area contributed by atoms with Crippen LogP contribution in [0.15, 0.2) is 24.3 Å². The Morgan fingerprint density at radius 2 is 1.69 bits per heavy atom. The van der Waals surface area contributed by atoms with E-state index in [4.69, 9.17) is 4.74 Å². The van der Waals surface area contributed by atoms with Crippen LogP contribution in [0.2, 0.25) is 0 Å². The van der Waals surface area contributed by atoms with E-state index in [9.17, 15) is 31.5 Å². The minimum atomic E-state index is -4.42. The van der Waals surface area contributed by atoms with E-state index >= 15 is 0 Å². The van der Waals surface area contributed by atoms with Gasteiger partial charge in [-0.2, -0.15) is 24.9 Å². The fraction of sp³-hybridized carbons (Fsp3) is 0.611. The van der Waals surface area contributed by atoms with Gasteiger partial charge in [0, 0.05) is 13.1 Å². The van der Waals surface area contributed by atoms with Gasteiger partial charge in [-0.15, -0.1) is 0 Å². The van der Waals surface area contributed by atoms with Gasteiger partial charge < -0.3 is 9.84 Å². The summed E-state index contributed by atoms with van der Waals surface area (Å²) >= 11 is 1.54. The van der Waals surface area contributed by atoms with Crippen LogP contribution in [0.4, 0.5) is 13.2 Å². The maximum atomic E-state index is 13.1. The van der Waals surface area contributed by atoms with E-state index in [1.165, 1.54) is 16.4 Å². The number of benzene rings is 1. The van der Waals surface area contributed by atoms with Gasteiger partial charge in [-0.1, -0.05) is 0 Å². The predicted octanol–water partition coefficient (Wildman–Crippen LogP) is 3.23. The zero-order valence-electron chi connectivity index (χ0n) is 15.5. The highest BCUT2D eigenvalue weighted by molar-refractivity contribution is 7.99. The van der Waals surface area contributed by atoms with E-state index in [0.717, 1.165) is 12.1 Å². The van der Waals surface area contributed by atoms with Crippen molar-refractivity contribution >= 4 is 27.8 Å². The molecule has 1 aromatic carbocycles. The molecule has 0 radical (unpaired) electrons. The maximum Gasteiger partial charge on any atom is 0.416 e. The standard InChI is InChI=1S/C18H22F3NO5S2/c19-18(20,21)13-1-3-14(4-2-13)27-15-5-9-22(10-6-15)29(25,26)17(16(23)24)7-11-28-12-8-17/h1-4,15H,5-12H2,(H,23,24). The van der Waals surface area contributed by atoms with Gasteiger partial charge in [0.05, 0.1) is 5.56 Å². The first-order valence-corrected chi connectivity index (χ1v) is 11.8. The fourth-order valence-corrected chi connectivity index (χ4v) is 7.21. The Bertz CT molecular complexity index is 828. The first-order valence-electron chi connectivity index (χ1n) is 9.21. The van der Waals surface area contributed by atoms with E-state index in [0.29, 0.717) is 24.3 Å². The summed E-state index contributed by atoms with van der Waals surface area (Å²) < 4.78 is 69.2. The van der Waals surface area contributed by atoms with Crippen LogP contribution in [-0.4, -0.2) is 59.2 Å². The molecule has 2 heterocycles. The van der Waals surface area contributed by atoms with Gasteiger partial charge in [-0.05, 0) is 61.5 Å². The summed E-state index contributed by atoms with van der Waals surface area (Å²) in [6.45, 7) is 0.242. The van der Waals surface area contributed by atoms with Crippen LogP contribution in [0, 0.1) is 0 Å². The van der Waals surface area contributed by atoms with Crippen LogP contribution < -0.4 is 4.74 Å². The fourth-order valence-electron chi connectivity index (χ4n) is 3.64. The Morgan fingerprint density at radius 1 is 1.14 bits per heavy atom. The molecule has 2 aliphatic rings. The third-order valence-corrected chi connectivity index (χ3v) is 9.01. The van der Waals surface area contributed by atoms with Crippen LogP contribution in [-0.2, 0) is 21.0 Å². The second-order valence-corrected chi connectivity index (χ2v) is 10.6. The number of carboxylic acids is 1. The van der Waals surface area contributed by atoms with Gasteiger partial charge >= 0.3 is 12.1 Å². The average Bonchev–Trinajstić information content (AvgIpc) is 2.68. The molecule has 1 aromatic rings. The molecule has 2 saturated heterocycles. The summed E-state index contributed by atoms with van der Waals surface area (Å²) in [6, 6.07) is 4.36. The van der Waals surface area contributed by atoms with Gasteiger partial charge in [0.15, 0.2) is 4.75 Å². The molecule has 0 atom stereocenters. The van der Waals surface area contributed by atoms with Crippen molar-refractivity contribution in [3.05, 3.63) is 29.8 Å². The molecule has 0 aromatic heterocycles. The number of halogens is 3. The van der Waals surface area contributed by atoms with E-state index in [1.807, 2.05) is 0 Å². The molecular formula is C18H22F3NO5S2. The Hall–Kier alpha value is -1.46. The number of nitrogens with zero attached hydrogens (tertiary/aromatic N) is 1. The number of ether oxygens (including phenoxy) is 1. The quantitative estimate of drug-likeness (QED) is 0.737. The molecule has 11 heteroatoms. The maximum absolute atomic E-state index is 13.1. The SMILES string of the molecule is O=C(O)C1(S(=O)(=O)N2CCC(Oc3ccc(C(F)(F)F)cc3)CC2)CCSCC1. The molecule has 162 valence electrons. The molecule has 0 amide bonds. The second kappa shape index (κ2) is 8.35. The molecule has 3 rings (SSSR count). The minimum Gasteiger partial charge on any atom is -0.490 e. The molecule has 0 aliphatic carbocycles. The van der Waals surface area contributed by atoms with E-state index in [2.05, 4.69) is 0 Å². The molecule has 0 unspecified atom stereocenters. The molecule has 1 N–H and O–H groups in total. The van der Waals surface area contributed by atoms with Crippen molar-refractivity contribution in [3.8, 4) is 5.75 Å². The summed E-state index contributed by atoms with van der Waals surface area (Å²) in [7, 11) is -4.02. The van der Waals surface area contributed by atoms with E-state index < -0.39 is 32.5 Å². The third-order valence-electron chi connectivity index (χ3n) is 5.41. The van der Waals surface area contributed by atoms with Crippen molar-refractivity contribution in [2.75, 3.05) is 24.6 Å². The van der Waals surface area contributed by atoms with E-state index in [1.54, 1.807) is 11.8 Å². The molecule has 29 heavy (non-hydrogen) atoms. The normalized spacial score (nSPS) is 21.6. The predicted molar refractivity (Wildman–Crippen MR) is 103 cm³/mol.